The highest BCUT2D eigenvalue weighted by atomic mass is 16.4. The molecule has 0 aliphatic rings. The first-order valence-electron chi connectivity index (χ1n) is 8.04. The van der Waals surface area contributed by atoms with Gasteiger partial charge in [0.05, 0.1) is 33.7 Å². The molecule has 2 amide bonds. The van der Waals surface area contributed by atoms with Crippen LogP contribution in [0.1, 0.15) is 6.42 Å². The third kappa shape index (κ3) is 6.31. The SMILES string of the molecule is C[N+](C)(C)C[C@@H](CC(=O)[O-])NC(=O)Nc1cccc(-n2cccc2)c1. The summed E-state index contributed by atoms with van der Waals surface area (Å²) in [5.41, 5.74) is 1.54. The quantitative estimate of drug-likeness (QED) is 0.729. The minimum atomic E-state index is -1.19. The summed E-state index contributed by atoms with van der Waals surface area (Å²) in [6, 6.07) is 10.3. The van der Waals surface area contributed by atoms with Gasteiger partial charge in [0.1, 0.15) is 0 Å². The Morgan fingerprint density at radius 2 is 1.84 bits per heavy atom. The van der Waals surface area contributed by atoms with Crippen LogP contribution in [-0.4, -0.2) is 54.8 Å². The molecule has 7 nitrogen and oxygen atoms in total. The van der Waals surface area contributed by atoms with Crippen molar-refractivity contribution in [2.75, 3.05) is 33.0 Å². The van der Waals surface area contributed by atoms with Crippen LogP contribution >= 0.6 is 0 Å². The summed E-state index contributed by atoms with van der Waals surface area (Å²) in [6.07, 6.45) is 3.60. The Hall–Kier alpha value is -2.80. The van der Waals surface area contributed by atoms with E-state index in [0.29, 0.717) is 16.7 Å². The molecular formula is C18H24N4O3. The van der Waals surface area contributed by atoms with Gasteiger partial charge >= 0.3 is 6.03 Å². The number of carbonyl (C=O) groups is 2. The zero-order valence-electron chi connectivity index (χ0n) is 14.7. The van der Waals surface area contributed by atoms with E-state index in [0.717, 1.165) is 5.69 Å². The number of carboxylic acids is 1. The van der Waals surface area contributed by atoms with Crippen LogP contribution in [0.25, 0.3) is 5.69 Å². The van der Waals surface area contributed by atoms with E-state index in [4.69, 9.17) is 0 Å². The number of aromatic nitrogens is 1. The third-order valence-electron chi connectivity index (χ3n) is 3.52. The Balaban J connectivity index is 2.02. The molecule has 2 N–H and O–H groups in total. The molecule has 0 spiro atoms. The molecule has 1 heterocycles. The Morgan fingerprint density at radius 3 is 2.44 bits per heavy atom. The fraction of sp³-hybridized carbons (Fsp3) is 0.333. The highest BCUT2D eigenvalue weighted by Crippen LogP contribution is 2.15. The largest absolute Gasteiger partial charge is 0.550 e. The average molecular weight is 344 g/mol. The molecule has 1 aromatic heterocycles. The molecule has 1 atom stereocenters. The first-order chi connectivity index (χ1) is 11.7. The van der Waals surface area contributed by atoms with E-state index in [1.54, 1.807) is 6.07 Å². The molecular weight excluding hydrogens is 320 g/mol. The summed E-state index contributed by atoms with van der Waals surface area (Å²) >= 11 is 0. The Bertz CT molecular complexity index is 720. The summed E-state index contributed by atoms with van der Waals surface area (Å²) in [5, 5.41) is 16.4. The second kappa shape index (κ2) is 7.85. The molecule has 0 unspecified atom stereocenters. The highest BCUT2D eigenvalue weighted by molar-refractivity contribution is 5.90. The number of carbonyl (C=O) groups excluding carboxylic acids is 2. The van der Waals surface area contributed by atoms with E-state index in [9.17, 15) is 14.7 Å². The maximum atomic E-state index is 12.2. The lowest BCUT2D eigenvalue weighted by molar-refractivity contribution is -0.871. The van der Waals surface area contributed by atoms with Gasteiger partial charge in [-0.2, -0.15) is 0 Å². The molecule has 2 rings (SSSR count). The fourth-order valence-electron chi connectivity index (χ4n) is 2.63. The summed E-state index contributed by atoms with van der Waals surface area (Å²) in [6.45, 7) is 0.477. The summed E-state index contributed by atoms with van der Waals surface area (Å²) in [5.74, 6) is -1.19. The summed E-state index contributed by atoms with van der Waals surface area (Å²) < 4.78 is 2.46. The molecule has 134 valence electrons. The van der Waals surface area contributed by atoms with Crippen LogP contribution in [0.3, 0.4) is 0 Å². The van der Waals surface area contributed by atoms with Crippen LogP contribution in [0.15, 0.2) is 48.8 Å². The van der Waals surface area contributed by atoms with Crippen LogP contribution < -0.4 is 15.7 Å². The standard InChI is InChI=1S/C18H24N4O3/c1-22(2,3)13-15(12-17(23)24)20-18(25)19-14-7-6-8-16(11-14)21-9-4-5-10-21/h4-11,15H,12-13H2,1-3H3,(H2-,19,20,23,24,25)/t15-/m1/s1. The lowest BCUT2D eigenvalue weighted by Crippen LogP contribution is -2.51. The zero-order valence-corrected chi connectivity index (χ0v) is 14.7. The molecule has 0 saturated heterocycles. The number of hydrogen-bond acceptors (Lipinski definition) is 3. The Morgan fingerprint density at radius 1 is 1.16 bits per heavy atom. The Labute approximate surface area is 147 Å². The smallest absolute Gasteiger partial charge is 0.319 e. The number of urea groups is 1. The maximum absolute atomic E-state index is 12.2. The number of nitrogens with one attached hydrogen (secondary N) is 2. The van der Waals surface area contributed by atoms with Crippen molar-refractivity contribution >= 4 is 17.7 Å². The van der Waals surface area contributed by atoms with E-state index in [2.05, 4.69) is 10.6 Å². The number of benzene rings is 1. The number of anilines is 1. The van der Waals surface area contributed by atoms with Crippen LogP contribution in [0.2, 0.25) is 0 Å². The van der Waals surface area contributed by atoms with Crippen molar-refractivity contribution in [2.45, 2.75) is 12.5 Å². The number of hydrogen-bond donors (Lipinski definition) is 2. The topological polar surface area (TPSA) is 86.2 Å². The second-order valence-electron chi connectivity index (χ2n) is 6.99. The van der Waals surface area contributed by atoms with Crippen molar-refractivity contribution in [3.63, 3.8) is 0 Å². The number of rotatable bonds is 7. The van der Waals surface area contributed by atoms with Gasteiger partial charge in [0, 0.05) is 36.2 Å². The summed E-state index contributed by atoms with van der Waals surface area (Å²) in [7, 11) is 5.80. The predicted molar refractivity (Wildman–Crippen MR) is 94.2 cm³/mol. The lowest BCUT2D eigenvalue weighted by Gasteiger charge is -2.30. The van der Waals surface area contributed by atoms with Crippen molar-refractivity contribution < 1.29 is 19.2 Å². The minimum Gasteiger partial charge on any atom is -0.550 e. The molecule has 0 fully saturated rings. The number of nitrogens with zero attached hydrogens (tertiary/aromatic N) is 2. The van der Waals surface area contributed by atoms with Gasteiger partial charge < -0.3 is 29.6 Å². The Kier molecular flexibility index (Phi) is 5.82. The van der Waals surface area contributed by atoms with Crippen LogP contribution in [-0.2, 0) is 4.79 Å². The first-order valence-corrected chi connectivity index (χ1v) is 8.04. The molecule has 7 heteroatoms. The lowest BCUT2D eigenvalue weighted by atomic mass is 10.2. The number of likely N-dealkylation sites (N-methyl/N-ethyl adjacent to an activating group) is 1. The molecule has 2 aromatic rings. The van der Waals surface area contributed by atoms with Crippen molar-refractivity contribution in [3.8, 4) is 5.69 Å². The highest BCUT2D eigenvalue weighted by Gasteiger charge is 2.20. The number of carboxylic acid groups (broad SMARTS) is 1. The van der Waals surface area contributed by atoms with Gasteiger partial charge in [-0.3, -0.25) is 0 Å². The summed E-state index contributed by atoms with van der Waals surface area (Å²) in [4.78, 5) is 23.2. The van der Waals surface area contributed by atoms with Gasteiger partial charge in [-0.25, -0.2) is 4.79 Å². The molecule has 0 aliphatic heterocycles. The van der Waals surface area contributed by atoms with Gasteiger partial charge in [0.15, 0.2) is 0 Å². The van der Waals surface area contributed by atoms with Gasteiger partial charge in [-0.15, -0.1) is 0 Å². The molecule has 25 heavy (non-hydrogen) atoms. The monoisotopic (exact) mass is 344 g/mol. The minimum absolute atomic E-state index is 0.230. The number of quaternary nitrogens is 1. The zero-order chi connectivity index (χ0) is 18.4. The van der Waals surface area contributed by atoms with Crippen molar-refractivity contribution in [1.82, 2.24) is 9.88 Å². The third-order valence-corrected chi connectivity index (χ3v) is 3.52. The second-order valence-corrected chi connectivity index (χ2v) is 6.99. The molecule has 0 aliphatic carbocycles. The predicted octanol–water partition coefficient (Wildman–Crippen LogP) is 0.814. The number of amides is 2. The van der Waals surface area contributed by atoms with Gasteiger partial charge in [-0.05, 0) is 30.3 Å². The van der Waals surface area contributed by atoms with Crippen LogP contribution in [0.5, 0.6) is 0 Å². The van der Waals surface area contributed by atoms with E-state index in [-0.39, 0.29) is 6.42 Å². The molecule has 1 aromatic carbocycles. The van der Waals surface area contributed by atoms with Crippen molar-refractivity contribution in [1.29, 1.82) is 0 Å². The fourth-order valence-corrected chi connectivity index (χ4v) is 2.63. The van der Waals surface area contributed by atoms with E-state index >= 15 is 0 Å². The van der Waals surface area contributed by atoms with Crippen molar-refractivity contribution in [2.24, 2.45) is 0 Å². The number of aliphatic carboxylic acids is 1. The van der Waals surface area contributed by atoms with Gasteiger partial charge in [0.25, 0.3) is 0 Å². The maximum Gasteiger partial charge on any atom is 0.319 e. The normalized spacial score (nSPS) is 12.4. The van der Waals surface area contributed by atoms with E-state index in [1.165, 1.54) is 0 Å². The molecule has 0 bridgehead atoms. The van der Waals surface area contributed by atoms with Crippen LogP contribution in [0, 0.1) is 0 Å². The van der Waals surface area contributed by atoms with Crippen LogP contribution in [0.4, 0.5) is 10.5 Å². The van der Waals surface area contributed by atoms with E-state index in [1.807, 2.05) is 68.4 Å². The van der Waals surface area contributed by atoms with Gasteiger partial charge in [-0.1, -0.05) is 6.07 Å². The van der Waals surface area contributed by atoms with Crippen molar-refractivity contribution in [3.05, 3.63) is 48.8 Å². The first kappa shape index (κ1) is 18.5. The van der Waals surface area contributed by atoms with E-state index < -0.39 is 18.0 Å². The molecule has 0 radical (unpaired) electrons. The van der Waals surface area contributed by atoms with Gasteiger partial charge in [0.2, 0.25) is 0 Å². The average Bonchev–Trinajstić information content (AvgIpc) is 2.98. The molecule has 0 saturated carbocycles.